The Kier molecular flexibility index (Phi) is 4.03. The molecule has 15 heavy (non-hydrogen) atoms. The standard InChI is InChI=1S/C13H19NO/c1-2-5-13(6-3-1)14-9-4-10-15-11-12-7-8-12/h1-3,5-6,12,14H,4,7-11H2. The minimum atomic E-state index is 0.882. The van der Waals surface area contributed by atoms with Crippen molar-refractivity contribution in [2.24, 2.45) is 5.92 Å². The van der Waals surface area contributed by atoms with Crippen LogP contribution in [0.3, 0.4) is 0 Å². The van der Waals surface area contributed by atoms with Crippen molar-refractivity contribution in [3.8, 4) is 0 Å². The van der Waals surface area contributed by atoms with Crippen molar-refractivity contribution >= 4 is 5.69 Å². The fraction of sp³-hybridized carbons (Fsp3) is 0.538. The van der Waals surface area contributed by atoms with Crippen LogP contribution in [0, 0.1) is 5.92 Å². The van der Waals surface area contributed by atoms with E-state index >= 15 is 0 Å². The predicted molar refractivity (Wildman–Crippen MR) is 63.1 cm³/mol. The molecule has 2 rings (SSSR count). The number of benzene rings is 1. The average Bonchev–Trinajstić information content (AvgIpc) is 3.09. The summed E-state index contributed by atoms with van der Waals surface area (Å²) in [5.41, 5.74) is 1.19. The van der Waals surface area contributed by atoms with Gasteiger partial charge in [0.2, 0.25) is 0 Å². The molecule has 0 amide bonds. The molecule has 1 aromatic carbocycles. The minimum Gasteiger partial charge on any atom is -0.385 e. The first kappa shape index (κ1) is 10.5. The van der Waals surface area contributed by atoms with Crippen LogP contribution in [0.4, 0.5) is 5.69 Å². The molecule has 2 heteroatoms. The maximum Gasteiger partial charge on any atom is 0.0494 e. The summed E-state index contributed by atoms with van der Waals surface area (Å²) in [4.78, 5) is 0. The number of ether oxygens (including phenoxy) is 1. The third kappa shape index (κ3) is 4.34. The van der Waals surface area contributed by atoms with Gasteiger partial charge in [0, 0.05) is 25.4 Å². The van der Waals surface area contributed by atoms with Gasteiger partial charge in [-0.2, -0.15) is 0 Å². The Morgan fingerprint density at radius 1 is 1.20 bits per heavy atom. The number of para-hydroxylation sites is 1. The molecule has 0 atom stereocenters. The topological polar surface area (TPSA) is 21.3 Å². The summed E-state index contributed by atoms with van der Waals surface area (Å²) in [5, 5.41) is 3.37. The van der Waals surface area contributed by atoms with Gasteiger partial charge in [-0.3, -0.25) is 0 Å². The van der Waals surface area contributed by atoms with Crippen LogP contribution in [0.25, 0.3) is 0 Å². The average molecular weight is 205 g/mol. The van der Waals surface area contributed by atoms with Gasteiger partial charge in [-0.15, -0.1) is 0 Å². The molecule has 0 radical (unpaired) electrons. The molecule has 0 aromatic heterocycles. The number of hydrogen-bond acceptors (Lipinski definition) is 2. The third-order valence-corrected chi connectivity index (χ3v) is 2.62. The summed E-state index contributed by atoms with van der Waals surface area (Å²) in [6.07, 6.45) is 3.84. The fourth-order valence-corrected chi connectivity index (χ4v) is 1.50. The van der Waals surface area contributed by atoms with Gasteiger partial charge in [-0.25, -0.2) is 0 Å². The summed E-state index contributed by atoms with van der Waals surface area (Å²) in [5.74, 6) is 0.882. The molecule has 1 saturated carbocycles. The number of hydrogen-bond donors (Lipinski definition) is 1. The fourth-order valence-electron chi connectivity index (χ4n) is 1.50. The van der Waals surface area contributed by atoms with E-state index in [0.717, 1.165) is 32.1 Å². The SMILES string of the molecule is c1ccc(NCCCOCC2CC2)cc1. The van der Waals surface area contributed by atoms with Gasteiger partial charge < -0.3 is 10.1 Å². The lowest BCUT2D eigenvalue weighted by atomic mass is 10.3. The lowest BCUT2D eigenvalue weighted by Crippen LogP contribution is -2.06. The van der Waals surface area contributed by atoms with Crippen molar-refractivity contribution in [2.75, 3.05) is 25.1 Å². The van der Waals surface area contributed by atoms with Gasteiger partial charge in [0.05, 0.1) is 0 Å². The number of anilines is 1. The van der Waals surface area contributed by atoms with Crippen molar-refractivity contribution in [3.63, 3.8) is 0 Å². The zero-order valence-corrected chi connectivity index (χ0v) is 9.11. The monoisotopic (exact) mass is 205 g/mol. The molecule has 0 heterocycles. The zero-order valence-electron chi connectivity index (χ0n) is 9.11. The summed E-state index contributed by atoms with van der Waals surface area (Å²) in [6.45, 7) is 2.86. The molecule has 2 nitrogen and oxygen atoms in total. The van der Waals surface area contributed by atoms with Crippen molar-refractivity contribution in [3.05, 3.63) is 30.3 Å². The third-order valence-electron chi connectivity index (χ3n) is 2.62. The first-order valence-electron chi connectivity index (χ1n) is 5.82. The van der Waals surface area contributed by atoms with Crippen LogP contribution in [0.1, 0.15) is 19.3 Å². The Morgan fingerprint density at radius 3 is 2.73 bits per heavy atom. The van der Waals surface area contributed by atoms with Gasteiger partial charge in [-0.1, -0.05) is 18.2 Å². The van der Waals surface area contributed by atoms with E-state index in [1.54, 1.807) is 0 Å². The summed E-state index contributed by atoms with van der Waals surface area (Å²) < 4.78 is 5.56. The molecule has 1 N–H and O–H groups in total. The van der Waals surface area contributed by atoms with E-state index < -0.39 is 0 Å². The van der Waals surface area contributed by atoms with Crippen LogP contribution in [-0.4, -0.2) is 19.8 Å². The molecule has 82 valence electrons. The maximum atomic E-state index is 5.56. The van der Waals surface area contributed by atoms with E-state index in [2.05, 4.69) is 17.4 Å². The molecule has 0 bridgehead atoms. The second-order valence-electron chi connectivity index (χ2n) is 4.16. The highest BCUT2D eigenvalue weighted by Gasteiger charge is 2.20. The van der Waals surface area contributed by atoms with Gasteiger partial charge in [-0.05, 0) is 37.3 Å². The summed E-state index contributed by atoms with van der Waals surface area (Å²) >= 11 is 0. The molecule has 0 unspecified atom stereocenters. The van der Waals surface area contributed by atoms with E-state index in [4.69, 9.17) is 4.74 Å². The van der Waals surface area contributed by atoms with Crippen LogP contribution in [0.15, 0.2) is 30.3 Å². The Bertz CT molecular complexity index is 269. The van der Waals surface area contributed by atoms with Crippen LogP contribution >= 0.6 is 0 Å². The van der Waals surface area contributed by atoms with Gasteiger partial charge >= 0.3 is 0 Å². The number of rotatable bonds is 7. The second-order valence-corrected chi connectivity index (χ2v) is 4.16. The first-order chi connectivity index (χ1) is 7.45. The smallest absolute Gasteiger partial charge is 0.0494 e. The molecule has 0 saturated heterocycles. The van der Waals surface area contributed by atoms with Crippen molar-refractivity contribution in [2.45, 2.75) is 19.3 Å². The van der Waals surface area contributed by atoms with Crippen LogP contribution in [0.2, 0.25) is 0 Å². The van der Waals surface area contributed by atoms with E-state index in [1.807, 2.05) is 18.2 Å². The largest absolute Gasteiger partial charge is 0.385 e. The van der Waals surface area contributed by atoms with E-state index in [9.17, 15) is 0 Å². The predicted octanol–water partition coefficient (Wildman–Crippen LogP) is 2.92. The minimum absolute atomic E-state index is 0.882. The number of nitrogens with one attached hydrogen (secondary N) is 1. The summed E-state index contributed by atoms with van der Waals surface area (Å²) in [6, 6.07) is 10.3. The van der Waals surface area contributed by atoms with Gasteiger partial charge in [0.15, 0.2) is 0 Å². The van der Waals surface area contributed by atoms with Crippen LogP contribution < -0.4 is 5.32 Å². The molecule has 0 aliphatic heterocycles. The van der Waals surface area contributed by atoms with Crippen molar-refractivity contribution in [1.82, 2.24) is 0 Å². The molecular weight excluding hydrogens is 186 g/mol. The van der Waals surface area contributed by atoms with E-state index in [-0.39, 0.29) is 0 Å². The van der Waals surface area contributed by atoms with Gasteiger partial charge in [0.25, 0.3) is 0 Å². The molecule has 1 aliphatic carbocycles. The quantitative estimate of drug-likeness (QED) is 0.691. The molecule has 0 spiro atoms. The Labute approximate surface area is 91.6 Å². The molecule has 1 aromatic rings. The lowest BCUT2D eigenvalue weighted by molar-refractivity contribution is 0.124. The highest BCUT2D eigenvalue weighted by Crippen LogP contribution is 2.28. The Balaban J connectivity index is 1.47. The Morgan fingerprint density at radius 2 is 2.00 bits per heavy atom. The second kappa shape index (κ2) is 5.76. The molecule has 1 fully saturated rings. The summed E-state index contributed by atoms with van der Waals surface area (Å²) in [7, 11) is 0. The van der Waals surface area contributed by atoms with Crippen LogP contribution in [-0.2, 0) is 4.74 Å². The van der Waals surface area contributed by atoms with Crippen LogP contribution in [0.5, 0.6) is 0 Å². The lowest BCUT2D eigenvalue weighted by Gasteiger charge is -2.06. The van der Waals surface area contributed by atoms with E-state index in [1.165, 1.54) is 18.5 Å². The van der Waals surface area contributed by atoms with E-state index in [0.29, 0.717) is 0 Å². The Hall–Kier alpha value is -1.02. The van der Waals surface area contributed by atoms with Crippen molar-refractivity contribution < 1.29 is 4.74 Å². The van der Waals surface area contributed by atoms with Gasteiger partial charge in [0.1, 0.15) is 0 Å². The normalized spacial score (nSPS) is 15.2. The maximum absolute atomic E-state index is 5.56. The molecular formula is C13H19NO. The molecule has 1 aliphatic rings. The highest BCUT2D eigenvalue weighted by atomic mass is 16.5. The first-order valence-corrected chi connectivity index (χ1v) is 5.82. The van der Waals surface area contributed by atoms with Crippen molar-refractivity contribution in [1.29, 1.82) is 0 Å². The highest BCUT2D eigenvalue weighted by molar-refractivity contribution is 5.42. The zero-order chi connectivity index (χ0) is 10.3.